The summed E-state index contributed by atoms with van der Waals surface area (Å²) >= 11 is 0. The molecule has 1 aromatic heterocycles. The number of hydrogen-bond donors (Lipinski definition) is 3. The van der Waals surface area contributed by atoms with Gasteiger partial charge in [0.15, 0.2) is 5.78 Å². The number of aromatic nitrogens is 1. The Morgan fingerprint density at radius 1 is 0.900 bits per heavy atom. The smallest absolute Gasteiger partial charge is 0.248 e. The summed E-state index contributed by atoms with van der Waals surface area (Å²) in [6.07, 6.45) is 2.51. The Morgan fingerprint density at radius 3 is 2.33 bits per heavy atom. The predicted octanol–water partition coefficient (Wildman–Crippen LogP) is 4.02. The van der Waals surface area contributed by atoms with E-state index in [0.29, 0.717) is 17.7 Å². The zero-order valence-electron chi connectivity index (χ0n) is 16.5. The van der Waals surface area contributed by atoms with Gasteiger partial charge in [0.2, 0.25) is 5.91 Å². The van der Waals surface area contributed by atoms with Gasteiger partial charge in [0, 0.05) is 34.8 Å². The van der Waals surface area contributed by atoms with Crippen LogP contribution in [-0.2, 0) is 6.42 Å². The highest BCUT2D eigenvalue weighted by atomic mass is 16.1. The molecular formula is C25H23N3O2. The molecule has 0 spiro atoms. The third-order valence-electron chi connectivity index (χ3n) is 5.25. The molecule has 1 unspecified atom stereocenters. The van der Waals surface area contributed by atoms with E-state index in [1.54, 1.807) is 18.3 Å². The third kappa shape index (κ3) is 4.16. The molecule has 5 nitrogen and oxygen atoms in total. The summed E-state index contributed by atoms with van der Waals surface area (Å²) in [7, 11) is 0. The van der Waals surface area contributed by atoms with Gasteiger partial charge in [-0.25, -0.2) is 0 Å². The van der Waals surface area contributed by atoms with Gasteiger partial charge in [-0.15, -0.1) is 0 Å². The Morgan fingerprint density at radius 2 is 1.60 bits per heavy atom. The Kier molecular flexibility index (Phi) is 5.72. The topological polar surface area (TPSA) is 88.0 Å². The molecule has 0 aliphatic carbocycles. The number of nitrogens with two attached hydrogens (primary N) is 1. The van der Waals surface area contributed by atoms with E-state index in [-0.39, 0.29) is 5.78 Å². The maximum absolute atomic E-state index is 13.4. The molecule has 4 N–H and O–H groups in total. The van der Waals surface area contributed by atoms with Crippen LogP contribution >= 0.6 is 0 Å². The van der Waals surface area contributed by atoms with Gasteiger partial charge in [0.05, 0.1) is 6.04 Å². The average molecular weight is 397 g/mol. The molecule has 0 fully saturated rings. The van der Waals surface area contributed by atoms with E-state index in [2.05, 4.69) is 10.3 Å². The fourth-order valence-electron chi connectivity index (χ4n) is 3.63. The molecule has 150 valence electrons. The number of Topliss-reactive ketones (excluding diaryl/α,β-unsaturated/α-hetero) is 1. The summed E-state index contributed by atoms with van der Waals surface area (Å²) in [6.45, 7) is 0.615. The van der Waals surface area contributed by atoms with E-state index in [4.69, 9.17) is 5.73 Å². The van der Waals surface area contributed by atoms with Crippen molar-refractivity contribution in [3.63, 3.8) is 0 Å². The molecule has 0 radical (unpaired) electrons. The van der Waals surface area contributed by atoms with Crippen LogP contribution in [0.25, 0.3) is 10.9 Å². The molecule has 1 amide bonds. The minimum Gasteiger partial charge on any atom is -0.366 e. The minimum atomic E-state index is -0.449. The van der Waals surface area contributed by atoms with Crippen LogP contribution in [0.4, 0.5) is 0 Å². The highest BCUT2D eigenvalue weighted by Crippen LogP contribution is 2.24. The van der Waals surface area contributed by atoms with Gasteiger partial charge >= 0.3 is 0 Å². The van der Waals surface area contributed by atoms with Crippen LogP contribution in [0.1, 0.15) is 37.9 Å². The second-order valence-corrected chi connectivity index (χ2v) is 7.22. The first-order valence-electron chi connectivity index (χ1n) is 9.91. The monoisotopic (exact) mass is 397 g/mol. The van der Waals surface area contributed by atoms with Gasteiger partial charge in [-0.1, -0.05) is 60.7 Å². The van der Waals surface area contributed by atoms with Crippen molar-refractivity contribution in [2.45, 2.75) is 12.5 Å². The molecule has 1 atom stereocenters. The molecular weight excluding hydrogens is 374 g/mol. The van der Waals surface area contributed by atoms with Crippen LogP contribution in [0, 0.1) is 0 Å². The summed E-state index contributed by atoms with van der Waals surface area (Å²) in [6, 6.07) is 24.3. The van der Waals surface area contributed by atoms with Crippen LogP contribution in [-0.4, -0.2) is 23.2 Å². The number of fused-ring (bicyclic) bond motifs is 1. The molecule has 0 saturated carbocycles. The zero-order chi connectivity index (χ0) is 20.9. The average Bonchev–Trinajstić information content (AvgIpc) is 3.21. The van der Waals surface area contributed by atoms with Crippen LogP contribution in [0.5, 0.6) is 0 Å². The number of aromatic amines is 1. The van der Waals surface area contributed by atoms with Crippen LogP contribution in [0.3, 0.4) is 0 Å². The number of primary amides is 1. The second kappa shape index (κ2) is 8.76. The van der Waals surface area contributed by atoms with Gasteiger partial charge < -0.3 is 16.0 Å². The van der Waals surface area contributed by atoms with E-state index in [1.807, 2.05) is 66.7 Å². The molecule has 0 bridgehead atoms. The highest BCUT2D eigenvalue weighted by Gasteiger charge is 2.23. The first-order chi connectivity index (χ1) is 14.6. The van der Waals surface area contributed by atoms with Crippen molar-refractivity contribution in [2.24, 2.45) is 5.73 Å². The summed E-state index contributed by atoms with van der Waals surface area (Å²) in [5.41, 5.74) is 9.41. The van der Waals surface area contributed by atoms with Gasteiger partial charge in [-0.3, -0.25) is 9.59 Å². The normalized spacial score (nSPS) is 12.0. The third-order valence-corrected chi connectivity index (χ3v) is 5.25. The molecule has 4 rings (SSSR count). The Balaban J connectivity index is 1.53. The van der Waals surface area contributed by atoms with E-state index in [9.17, 15) is 9.59 Å². The molecule has 3 aromatic carbocycles. The van der Waals surface area contributed by atoms with Crippen LogP contribution in [0.2, 0.25) is 0 Å². The highest BCUT2D eigenvalue weighted by molar-refractivity contribution is 6.10. The van der Waals surface area contributed by atoms with Crippen molar-refractivity contribution in [3.8, 4) is 0 Å². The number of carbonyl (C=O) groups excluding carboxylic acids is 2. The summed E-state index contributed by atoms with van der Waals surface area (Å²) in [4.78, 5) is 27.9. The molecule has 30 heavy (non-hydrogen) atoms. The van der Waals surface area contributed by atoms with E-state index in [1.165, 1.54) is 0 Å². The SMILES string of the molecule is NC(=O)c1ccc(CCNC(C(=O)c2c[nH]c3ccccc23)c2ccccc2)cc1. The Hall–Kier alpha value is -3.70. The number of ketones is 1. The van der Waals surface area contributed by atoms with Crippen molar-refractivity contribution >= 4 is 22.6 Å². The Bertz CT molecular complexity index is 1160. The van der Waals surface area contributed by atoms with Crippen molar-refractivity contribution in [1.29, 1.82) is 0 Å². The summed E-state index contributed by atoms with van der Waals surface area (Å²) < 4.78 is 0. The largest absolute Gasteiger partial charge is 0.366 e. The number of nitrogens with one attached hydrogen (secondary N) is 2. The molecule has 0 saturated heterocycles. The van der Waals surface area contributed by atoms with Crippen molar-refractivity contribution in [1.82, 2.24) is 10.3 Å². The number of para-hydroxylation sites is 1. The fraction of sp³-hybridized carbons (Fsp3) is 0.120. The molecule has 4 aromatic rings. The zero-order valence-corrected chi connectivity index (χ0v) is 16.5. The number of H-pyrrole nitrogens is 1. The number of hydrogen-bond acceptors (Lipinski definition) is 3. The lowest BCUT2D eigenvalue weighted by Crippen LogP contribution is -2.30. The Labute approximate surface area is 174 Å². The van der Waals surface area contributed by atoms with Crippen LogP contribution < -0.4 is 11.1 Å². The summed E-state index contributed by atoms with van der Waals surface area (Å²) in [5.74, 6) is -0.407. The van der Waals surface area contributed by atoms with Crippen molar-refractivity contribution < 1.29 is 9.59 Å². The first kappa shape index (κ1) is 19.6. The number of carbonyl (C=O) groups is 2. The molecule has 0 aliphatic rings. The minimum absolute atomic E-state index is 0.0303. The fourth-order valence-corrected chi connectivity index (χ4v) is 3.63. The molecule has 5 heteroatoms. The lowest BCUT2D eigenvalue weighted by atomic mass is 9.96. The van der Waals surface area contributed by atoms with E-state index < -0.39 is 11.9 Å². The van der Waals surface area contributed by atoms with E-state index >= 15 is 0 Å². The standard InChI is InChI=1S/C25H23N3O2/c26-25(30)19-12-10-17(11-13-19)14-15-27-23(18-6-2-1-3-7-18)24(29)21-16-28-22-9-5-4-8-20(21)22/h1-13,16,23,27-28H,14-15H2,(H2,26,30). The van der Waals surface area contributed by atoms with E-state index in [0.717, 1.165) is 28.5 Å². The summed E-state index contributed by atoms with van der Waals surface area (Å²) in [5, 5.41) is 4.34. The lowest BCUT2D eigenvalue weighted by Gasteiger charge is -2.18. The van der Waals surface area contributed by atoms with Crippen LogP contribution in [0.15, 0.2) is 85.1 Å². The second-order valence-electron chi connectivity index (χ2n) is 7.22. The number of amides is 1. The number of rotatable bonds is 8. The van der Waals surface area contributed by atoms with Gasteiger partial charge in [-0.05, 0) is 35.7 Å². The lowest BCUT2D eigenvalue weighted by molar-refractivity contribution is 0.0943. The maximum Gasteiger partial charge on any atom is 0.248 e. The number of benzene rings is 3. The maximum atomic E-state index is 13.4. The van der Waals surface area contributed by atoms with Gasteiger partial charge in [0.25, 0.3) is 0 Å². The van der Waals surface area contributed by atoms with Gasteiger partial charge in [-0.2, -0.15) is 0 Å². The quantitative estimate of drug-likeness (QED) is 0.392. The van der Waals surface area contributed by atoms with Crippen molar-refractivity contribution in [2.75, 3.05) is 6.54 Å². The molecule has 0 aliphatic heterocycles. The predicted molar refractivity (Wildman–Crippen MR) is 118 cm³/mol. The first-order valence-corrected chi connectivity index (χ1v) is 9.91. The van der Waals surface area contributed by atoms with Gasteiger partial charge in [0.1, 0.15) is 0 Å². The molecule has 1 heterocycles. The van der Waals surface area contributed by atoms with Crippen molar-refractivity contribution in [3.05, 3.63) is 107 Å².